The highest BCUT2D eigenvalue weighted by Gasteiger charge is 2.40. The van der Waals surface area contributed by atoms with E-state index in [1.807, 2.05) is 0 Å². The van der Waals surface area contributed by atoms with Crippen LogP contribution >= 0.6 is 0 Å². The minimum absolute atomic E-state index is 0.134. The van der Waals surface area contributed by atoms with Gasteiger partial charge in [-0.15, -0.1) is 0 Å². The molecule has 92 valence electrons. The molecule has 1 amide bonds. The number of aliphatic hydroxyl groups excluding tert-OH is 1. The fourth-order valence-electron chi connectivity index (χ4n) is 2.99. The molecular formula is C12H22N2O2. The minimum Gasteiger partial charge on any atom is -0.393 e. The lowest BCUT2D eigenvalue weighted by Gasteiger charge is -2.36. The van der Waals surface area contributed by atoms with Gasteiger partial charge in [-0.25, -0.2) is 0 Å². The maximum Gasteiger partial charge on any atom is 0.234 e. The second kappa shape index (κ2) is 5.15. The quantitative estimate of drug-likeness (QED) is 0.734. The number of rotatable bonds is 4. The summed E-state index contributed by atoms with van der Waals surface area (Å²) in [6.07, 6.45) is 4.81. The lowest BCUT2D eigenvalue weighted by molar-refractivity contribution is -0.124. The van der Waals surface area contributed by atoms with Crippen molar-refractivity contribution in [2.24, 2.45) is 0 Å². The van der Waals surface area contributed by atoms with E-state index in [1.165, 1.54) is 0 Å². The Morgan fingerprint density at radius 1 is 1.38 bits per heavy atom. The van der Waals surface area contributed by atoms with Crippen molar-refractivity contribution in [1.82, 2.24) is 10.2 Å². The van der Waals surface area contributed by atoms with Gasteiger partial charge in [-0.2, -0.15) is 0 Å². The lowest BCUT2D eigenvalue weighted by atomic mass is 10.00. The van der Waals surface area contributed by atoms with Gasteiger partial charge in [-0.05, 0) is 32.1 Å². The molecule has 0 aromatic rings. The zero-order chi connectivity index (χ0) is 11.5. The number of carbonyl (C=O) groups excluding carboxylic acids is 1. The number of amides is 1. The van der Waals surface area contributed by atoms with Crippen molar-refractivity contribution in [3.05, 3.63) is 0 Å². The Bertz CT molecular complexity index is 243. The molecule has 0 aromatic carbocycles. The summed E-state index contributed by atoms with van der Waals surface area (Å²) in [5.41, 5.74) is 0. The maximum atomic E-state index is 11.7. The van der Waals surface area contributed by atoms with E-state index < -0.39 is 0 Å². The van der Waals surface area contributed by atoms with Crippen LogP contribution in [0.4, 0.5) is 0 Å². The molecule has 2 saturated heterocycles. The van der Waals surface area contributed by atoms with E-state index in [-0.39, 0.29) is 12.0 Å². The van der Waals surface area contributed by atoms with E-state index >= 15 is 0 Å². The van der Waals surface area contributed by atoms with Crippen LogP contribution in [-0.2, 0) is 4.79 Å². The Hall–Kier alpha value is -0.610. The van der Waals surface area contributed by atoms with Gasteiger partial charge < -0.3 is 10.4 Å². The standard InChI is InChI=1S/C12H22N2O2/c1-2-5-13-12(16)8-14-9-3-4-10(14)7-11(15)6-9/h9-11,15H,2-8H2,1H3,(H,13,16). The summed E-state index contributed by atoms with van der Waals surface area (Å²) in [4.78, 5) is 13.9. The summed E-state index contributed by atoms with van der Waals surface area (Å²) in [6, 6.07) is 0.863. The Morgan fingerprint density at radius 2 is 2.00 bits per heavy atom. The average molecular weight is 226 g/mol. The van der Waals surface area contributed by atoms with Gasteiger partial charge in [-0.1, -0.05) is 6.92 Å². The summed E-state index contributed by atoms with van der Waals surface area (Å²) in [5.74, 6) is 0.134. The molecule has 0 saturated carbocycles. The molecule has 2 unspecified atom stereocenters. The van der Waals surface area contributed by atoms with Crippen LogP contribution in [0.3, 0.4) is 0 Å². The van der Waals surface area contributed by atoms with E-state index in [2.05, 4.69) is 17.1 Å². The van der Waals surface area contributed by atoms with Crippen LogP contribution < -0.4 is 5.32 Å². The maximum absolute atomic E-state index is 11.7. The summed E-state index contributed by atoms with van der Waals surface area (Å²) in [7, 11) is 0. The van der Waals surface area contributed by atoms with Crippen molar-refractivity contribution >= 4 is 5.91 Å². The lowest BCUT2D eigenvalue weighted by Crippen LogP contribution is -2.49. The van der Waals surface area contributed by atoms with Crippen LogP contribution in [0.25, 0.3) is 0 Å². The summed E-state index contributed by atoms with van der Waals surface area (Å²) in [6.45, 7) is 3.34. The first-order valence-corrected chi connectivity index (χ1v) is 6.41. The molecular weight excluding hydrogens is 204 g/mol. The van der Waals surface area contributed by atoms with Gasteiger partial charge in [0, 0.05) is 18.6 Å². The summed E-state index contributed by atoms with van der Waals surface area (Å²) < 4.78 is 0. The first-order chi connectivity index (χ1) is 7.70. The Balaban J connectivity index is 1.84. The van der Waals surface area contributed by atoms with Crippen LogP contribution in [0.1, 0.15) is 39.0 Å². The van der Waals surface area contributed by atoms with Gasteiger partial charge in [0.1, 0.15) is 0 Å². The third-order valence-corrected chi connectivity index (χ3v) is 3.76. The van der Waals surface area contributed by atoms with Crippen LogP contribution in [0, 0.1) is 0 Å². The summed E-state index contributed by atoms with van der Waals surface area (Å²) in [5, 5.41) is 12.6. The van der Waals surface area contributed by atoms with Crippen molar-refractivity contribution in [2.75, 3.05) is 13.1 Å². The Morgan fingerprint density at radius 3 is 2.56 bits per heavy atom. The number of aliphatic hydroxyl groups is 1. The van der Waals surface area contributed by atoms with Crippen LogP contribution in [-0.4, -0.2) is 47.2 Å². The topological polar surface area (TPSA) is 52.6 Å². The molecule has 0 aliphatic carbocycles. The number of piperidine rings is 1. The molecule has 2 rings (SSSR count). The second-order valence-corrected chi connectivity index (χ2v) is 5.03. The van der Waals surface area contributed by atoms with E-state index in [1.54, 1.807) is 0 Å². The highest BCUT2D eigenvalue weighted by Crippen LogP contribution is 2.35. The molecule has 16 heavy (non-hydrogen) atoms. The predicted octanol–water partition coefficient (Wildman–Crippen LogP) is 0.500. The normalized spacial score (nSPS) is 34.0. The SMILES string of the molecule is CCCNC(=O)CN1C2CCC1CC(O)C2. The first-order valence-electron chi connectivity index (χ1n) is 6.41. The average Bonchev–Trinajstić information content (AvgIpc) is 2.50. The van der Waals surface area contributed by atoms with Crippen molar-refractivity contribution < 1.29 is 9.90 Å². The third kappa shape index (κ3) is 2.55. The van der Waals surface area contributed by atoms with Gasteiger partial charge in [0.2, 0.25) is 5.91 Å². The molecule has 2 fully saturated rings. The fourth-order valence-corrected chi connectivity index (χ4v) is 2.99. The molecule has 2 aliphatic rings. The van der Waals surface area contributed by atoms with Crippen LogP contribution in [0.5, 0.6) is 0 Å². The molecule has 4 nitrogen and oxygen atoms in total. The van der Waals surface area contributed by atoms with Crippen molar-refractivity contribution in [2.45, 2.75) is 57.2 Å². The van der Waals surface area contributed by atoms with Crippen molar-refractivity contribution in [3.8, 4) is 0 Å². The van der Waals surface area contributed by atoms with Gasteiger partial charge in [0.15, 0.2) is 0 Å². The number of nitrogens with one attached hydrogen (secondary N) is 1. The minimum atomic E-state index is -0.146. The van der Waals surface area contributed by atoms with Crippen LogP contribution in [0.2, 0.25) is 0 Å². The van der Waals surface area contributed by atoms with E-state index in [0.717, 1.165) is 38.6 Å². The van der Waals surface area contributed by atoms with E-state index in [0.29, 0.717) is 18.6 Å². The molecule has 2 N–H and O–H groups in total. The zero-order valence-electron chi connectivity index (χ0n) is 9.98. The smallest absolute Gasteiger partial charge is 0.234 e. The summed E-state index contributed by atoms with van der Waals surface area (Å²) >= 11 is 0. The Kier molecular flexibility index (Phi) is 3.82. The molecule has 0 spiro atoms. The number of carbonyl (C=O) groups is 1. The third-order valence-electron chi connectivity index (χ3n) is 3.76. The number of nitrogens with zero attached hydrogens (tertiary/aromatic N) is 1. The molecule has 0 radical (unpaired) electrons. The molecule has 2 aliphatic heterocycles. The molecule has 0 aromatic heterocycles. The van der Waals surface area contributed by atoms with Crippen molar-refractivity contribution in [3.63, 3.8) is 0 Å². The zero-order valence-corrected chi connectivity index (χ0v) is 9.98. The number of fused-ring (bicyclic) bond motifs is 2. The molecule has 2 heterocycles. The largest absolute Gasteiger partial charge is 0.393 e. The van der Waals surface area contributed by atoms with E-state index in [4.69, 9.17) is 0 Å². The van der Waals surface area contributed by atoms with Gasteiger partial charge >= 0.3 is 0 Å². The van der Waals surface area contributed by atoms with Gasteiger partial charge in [-0.3, -0.25) is 9.69 Å². The number of hydrogen-bond acceptors (Lipinski definition) is 3. The highest BCUT2D eigenvalue weighted by atomic mass is 16.3. The highest BCUT2D eigenvalue weighted by molar-refractivity contribution is 5.78. The predicted molar refractivity (Wildman–Crippen MR) is 62.1 cm³/mol. The monoisotopic (exact) mass is 226 g/mol. The molecule has 2 atom stereocenters. The second-order valence-electron chi connectivity index (χ2n) is 5.03. The first kappa shape index (κ1) is 11.9. The number of hydrogen-bond donors (Lipinski definition) is 2. The van der Waals surface area contributed by atoms with E-state index in [9.17, 15) is 9.90 Å². The Labute approximate surface area is 97.0 Å². The fraction of sp³-hybridized carbons (Fsp3) is 0.917. The molecule has 4 heteroatoms. The van der Waals surface area contributed by atoms with Crippen LogP contribution in [0.15, 0.2) is 0 Å². The van der Waals surface area contributed by atoms with Crippen molar-refractivity contribution in [1.29, 1.82) is 0 Å². The van der Waals surface area contributed by atoms with Gasteiger partial charge in [0.05, 0.1) is 12.6 Å². The van der Waals surface area contributed by atoms with Gasteiger partial charge in [0.25, 0.3) is 0 Å². The molecule has 2 bridgehead atoms.